The largest absolute Gasteiger partial charge is 0.339 e. The second-order valence-electron chi connectivity index (χ2n) is 6.50. The predicted octanol–water partition coefficient (Wildman–Crippen LogP) is 2.01. The number of aryl methyl sites for hydroxylation is 1. The highest BCUT2D eigenvalue weighted by atomic mass is 16.2. The van der Waals surface area contributed by atoms with E-state index in [1.165, 1.54) is 0 Å². The first-order chi connectivity index (χ1) is 13.2. The van der Waals surface area contributed by atoms with Crippen molar-refractivity contribution >= 4 is 17.5 Å². The fourth-order valence-electron chi connectivity index (χ4n) is 3.13. The van der Waals surface area contributed by atoms with E-state index in [9.17, 15) is 9.59 Å². The summed E-state index contributed by atoms with van der Waals surface area (Å²) in [5, 5.41) is 13.6. The molecule has 3 aromatic rings. The van der Waals surface area contributed by atoms with E-state index in [-0.39, 0.29) is 11.6 Å². The Morgan fingerprint density at radius 1 is 1.15 bits per heavy atom. The van der Waals surface area contributed by atoms with Gasteiger partial charge >= 0.3 is 0 Å². The molecule has 1 atom stereocenters. The van der Waals surface area contributed by atoms with Crippen LogP contribution in [0.2, 0.25) is 0 Å². The molecule has 1 aliphatic rings. The molecule has 0 spiro atoms. The summed E-state index contributed by atoms with van der Waals surface area (Å²) in [5.41, 5.74) is 3.13. The molecule has 0 saturated carbocycles. The lowest BCUT2D eigenvalue weighted by molar-refractivity contribution is -0.118. The number of amides is 2. The van der Waals surface area contributed by atoms with Crippen molar-refractivity contribution in [2.75, 3.05) is 5.32 Å². The van der Waals surface area contributed by atoms with E-state index in [1.807, 2.05) is 54.6 Å². The van der Waals surface area contributed by atoms with E-state index in [0.29, 0.717) is 19.4 Å². The number of aromatic nitrogens is 3. The molecule has 0 fully saturated rings. The van der Waals surface area contributed by atoms with Gasteiger partial charge in [0.15, 0.2) is 5.69 Å². The zero-order valence-corrected chi connectivity index (χ0v) is 14.6. The molecule has 1 unspecified atom stereocenters. The van der Waals surface area contributed by atoms with Crippen molar-refractivity contribution in [1.29, 1.82) is 0 Å². The van der Waals surface area contributed by atoms with Crippen LogP contribution >= 0.6 is 0 Å². The normalized spacial score (nSPS) is 16.1. The highest BCUT2D eigenvalue weighted by Crippen LogP contribution is 2.21. The summed E-state index contributed by atoms with van der Waals surface area (Å²) in [4.78, 5) is 24.9. The summed E-state index contributed by atoms with van der Waals surface area (Å²) in [7, 11) is 0. The Morgan fingerprint density at radius 3 is 2.78 bits per heavy atom. The Hall–Kier alpha value is -3.48. The van der Waals surface area contributed by atoms with E-state index in [4.69, 9.17) is 0 Å². The van der Waals surface area contributed by atoms with Gasteiger partial charge in [0.25, 0.3) is 5.91 Å². The number of carbonyl (C=O) groups excluding carboxylic acids is 2. The van der Waals surface area contributed by atoms with Crippen molar-refractivity contribution in [3.8, 4) is 0 Å². The Labute approximate surface area is 156 Å². The molecule has 2 aromatic carbocycles. The third-order valence-electron chi connectivity index (χ3n) is 4.56. The zero-order chi connectivity index (χ0) is 18.6. The lowest BCUT2D eigenvalue weighted by Crippen LogP contribution is -2.43. The molecule has 136 valence electrons. The highest BCUT2D eigenvalue weighted by Gasteiger charge is 2.26. The van der Waals surface area contributed by atoms with Gasteiger partial charge in [0.2, 0.25) is 5.91 Å². The Bertz CT molecular complexity index is 967. The average Bonchev–Trinajstić information content (AvgIpc) is 3.09. The quantitative estimate of drug-likeness (QED) is 0.744. The number of hydrogen-bond donors (Lipinski definition) is 2. The van der Waals surface area contributed by atoms with Crippen molar-refractivity contribution in [2.24, 2.45) is 0 Å². The number of nitrogens with one attached hydrogen (secondary N) is 2. The molecule has 4 rings (SSSR count). The van der Waals surface area contributed by atoms with Gasteiger partial charge in [-0.05, 0) is 30.0 Å². The van der Waals surface area contributed by atoms with Crippen LogP contribution in [-0.2, 0) is 17.8 Å². The van der Waals surface area contributed by atoms with Crippen LogP contribution in [0.25, 0.3) is 0 Å². The van der Waals surface area contributed by atoms with E-state index in [1.54, 1.807) is 10.9 Å². The molecule has 0 saturated heterocycles. The van der Waals surface area contributed by atoms with Crippen molar-refractivity contribution in [3.63, 3.8) is 0 Å². The van der Waals surface area contributed by atoms with E-state index in [0.717, 1.165) is 16.8 Å². The molecular formula is C20H19N5O2. The van der Waals surface area contributed by atoms with Gasteiger partial charge in [-0.3, -0.25) is 9.59 Å². The van der Waals surface area contributed by atoms with Crippen LogP contribution in [0.15, 0.2) is 60.8 Å². The lowest BCUT2D eigenvalue weighted by atomic mass is 10.1. The molecule has 27 heavy (non-hydrogen) atoms. The van der Waals surface area contributed by atoms with Crippen LogP contribution in [0.5, 0.6) is 0 Å². The van der Waals surface area contributed by atoms with Gasteiger partial charge in [0.1, 0.15) is 6.04 Å². The van der Waals surface area contributed by atoms with Crippen molar-refractivity contribution in [1.82, 2.24) is 20.3 Å². The molecule has 2 heterocycles. The van der Waals surface area contributed by atoms with Crippen LogP contribution in [0, 0.1) is 0 Å². The number of fused-ring (bicyclic) bond motifs is 1. The molecule has 0 aliphatic carbocycles. The summed E-state index contributed by atoms with van der Waals surface area (Å²) < 4.78 is 1.60. The van der Waals surface area contributed by atoms with E-state index in [2.05, 4.69) is 20.9 Å². The predicted molar refractivity (Wildman–Crippen MR) is 100 cm³/mol. The van der Waals surface area contributed by atoms with E-state index >= 15 is 0 Å². The first-order valence-corrected chi connectivity index (χ1v) is 8.83. The molecule has 0 radical (unpaired) electrons. The van der Waals surface area contributed by atoms with Crippen molar-refractivity contribution in [3.05, 3.63) is 77.6 Å². The molecule has 2 amide bonds. The lowest BCUT2D eigenvalue weighted by Gasteiger charge is -2.14. The second kappa shape index (κ2) is 7.41. The molecule has 7 nitrogen and oxygen atoms in total. The van der Waals surface area contributed by atoms with E-state index < -0.39 is 11.9 Å². The third kappa shape index (κ3) is 3.87. The smallest absolute Gasteiger partial charge is 0.274 e. The fourth-order valence-corrected chi connectivity index (χ4v) is 3.13. The van der Waals surface area contributed by atoms with Crippen LogP contribution in [0.3, 0.4) is 0 Å². The molecule has 0 bridgehead atoms. The number of hydrogen-bond acceptors (Lipinski definition) is 4. The highest BCUT2D eigenvalue weighted by molar-refractivity contribution is 6.01. The number of benzene rings is 2. The monoisotopic (exact) mass is 361 g/mol. The number of anilines is 1. The standard InChI is InChI=1S/C20H19N5O2/c26-19-17(11-10-15-8-4-5-9-16(15)21-19)22-20(27)18-13-25(24-23-18)12-14-6-2-1-3-7-14/h1-9,13,17H,10-12H2,(H,21,26)(H,22,27). The summed E-state index contributed by atoms with van der Waals surface area (Å²) >= 11 is 0. The first kappa shape index (κ1) is 17.0. The van der Waals surface area contributed by atoms with Gasteiger partial charge in [-0.25, -0.2) is 4.68 Å². The summed E-state index contributed by atoms with van der Waals surface area (Å²) in [6.07, 6.45) is 2.83. The maximum atomic E-state index is 12.5. The zero-order valence-electron chi connectivity index (χ0n) is 14.6. The average molecular weight is 361 g/mol. The molecule has 7 heteroatoms. The van der Waals surface area contributed by atoms with Gasteiger partial charge in [0.05, 0.1) is 12.7 Å². The molecule has 2 N–H and O–H groups in total. The number of para-hydroxylation sites is 1. The van der Waals surface area contributed by atoms with Gasteiger partial charge in [-0.2, -0.15) is 0 Å². The third-order valence-corrected chi connectivity index (χ3v) is 4.56. The van der Waals surface area contributed by atoms with Crippen molar-refractivity contribution in [2.45, 2.75) is 25.4 Å². The van der Waals surface area contributed by atoms with Crippen LogP contribution in [-0.4, -0.2) is 32.9 Å². The fraction of sp³-hybridized carbons (Fsp3) is 0.200. The Balaban J connectivity index is 1.41. The van der Waals surface area contributed by atoms with Crippen LogP contribution in [0.4, 0.5) is 5.69 Å². The molecular weight excluding hydrogens is 342 g/mol. The minimum atomic E-state index is -0.607. The molecule has 1 aromatic heterocycles. The summed E-state index contributed by atoms with van der Waals surface area (Å²) in [6.45, 7) is 0.528. The maximum Gasteiger partial charge on any atom is 0.274 e. The maximum absolute atomic E-state index is 12.5. The first-order valence-electron chi connectivity index (χ1n) is 8.83. The molecule has 1 aliphatic heterocycles. The number of carbonyl (C=O) groups is 2. The SMILES string of the molecule is O=C(NC1CCc2ccccc2NC1=O)c1cn(Cc2ccccc2)nn1. The minimum absolute atomic E-state index is 0.195. The number of rotatable bonds is 4. The Kier molecular flexibility index (Phi) is 4.65. The van der Waals surface area contributed by atoms with Gasteiger partial charge < -0.3 is 10.6 Å². The minimum Gasteiger partial charge on any atom is -0.339 e. The van der Waals surface area contributed by atoms with Crippen LogP contribution in [0.1, 0.15) is 28.0 Å². The number of nitrogens with zero attached hydrogens (tertiary/aromatic N) is 3. The van der Waals surface area contributed by atoms with Crippen molar-refractivity contribution < 1.29 is 9.59 Å². The Morgan fingerprint density at radius 2 is 1.93 bits per heavy atom. The summed E-state index contributed by atoms with van der Waals surface area (Å²) in [5.74, 6) is -0.620. The van der Waals surface area contributed by atoms with Gasteiger partial charge in [-0.1, -0.05) is 53.7 Å². The van der Waals surface area contributed by atoms with Gasteiger partial charge in [0, 0.05) is 5.69 Å². The van der Waals surface area contributed by atoms with Gasteiger partial charge in [-0.15, -0.1) is 5.10 Å². The van der Waals surface area contributed by atoms with Crippen LogP contribution < -0.4 is 10.6 Å². The second-order valence-corrected chi connectivity index (χ2v) is 6.50. The topological polar surface area (TPSA) is 88.9 Å². The summed E-state index contributed by atoms with van der Waals surface area (Å²) in [6, 6.07) is 16.9.